The Balaban J connectivity index is 2.40. The summed E-state index contributed by atoms with van der Waals surface area (Å²) in [6.45, 7) is -0.0190. The van der Waals surface area contributed by atoms with Crippen LogP contribution in [0.2, 0.25) is 5.02 Å². The van der Waals surface area contributed by atoms with Crippen molar-refractivity contribution >= 4 is 23.2 Å². The molecule has 1 atom stereocenters. The van der Waals surface area contributed by atoms with Gasteiger partial charge in [-0.1, -0.05) is 41.9 Å². The lowest BCUT2D eigenvalue weighted by molar-refractivity contribution is 0.129. The number of aliphatic hydroxyl groups excluding tert-OH is 1. The number of aromatic nitrogens is 1. The van der Waals surface area contributed by atoms with Gasteiger partial charge in [-0.2, -0.15) is 4.74 Å². The molecule has 6 heteroatoms. The summed E-state index contributed by atoms with van der Waals surface area (Å²) in [4.78, 5) is 11.8. The van der Waals surface area contributed by atoms with Gasteiger partial charge in [0.1, 0.15) is 0 Å². The van der Waals surface area contributed by atoms with E-state index in [4.69, 9.17) is 27.7 Å². The number of benzene rings is 1. The van der Waals surface area contributed by atoms with E-state index in [1.54, 1.807) is 12.1 Å². The molecule has 0 radical (unpaired) electrons. The van der Waals surface area contributed by atoms with E-state index in [1.165, 1.54) is 0 Å². The molecule has 0 saturated carbocycles. The summed E-state index contributed by atoms with van der Waals surface area (Å²) in [5, 5.41) is 9.41. The topological polar surface area (TPSA) is 55.4 Å². The molecule has 0 aliphatic carbocycles. The molecule has 0 fully saturated rings. The first kappa shape index (κ1) is 13.2. The zero-order valence-corrected chi connectivity index (χ0v) is 10.9. The highest BCUT2D eigenvalue weighted by atomic mass is 35.5. The van der Waals surface area contributed by atoms with Crippen LogP contribution in [0, 0.1) is 0 Å². The number of aliphatic hydroxyl groups is 1. The fourth-order valence-electron chi connectivity index (χ4n) is 1.53. The van der Waals surface area contributed by atoms with Crippen LogP contribution in [0.1, 0.15) is 0 Å². The zero-order valence-electron chi connectivity index (χ0n) is 9.35. The molecule has 2 rings (SSSR count). The molecule has 1 unspecified atom stereocenters. The molecule has 0 amide bonds. The van der Waals surface area contributed by atoms with Gasteiger partial charge < -0.3 is 9.63 Å². The van der Waals surface area contributed by atoms with Crippen LogP contribution in [0.25, 0.3) is 11.3 Å². The number of rotatable bonds is 4. The van der Waals surface area contributed by atoms with Gasteiger partial charge in [0.2, 0.25) is 0 Å². The molecule has 4 nitrogen and oxygen atoms in total. The van der Waals surface area contributed by atoms with Crippen molar-refractivity contribution < 1.29 is 9.63 Å². The van der Waals surface area contributed by atoms with Crippen LogP contribution in [-0.4, -0.2) is 21.8 Å². The number of nitrogens with zero attached hydrogens (tertiary/aromatic N) is 1. The van der Waals surface area contributed by atoms with E-state index >= 15 is 0 Å². The zero-order chi connectivity index (χ0) is 13.1. The van der Waals surface area contributed by atoms with Crippen molar-refractivity contribution in [1.29, 1.82) is 0 Å². The van der Waals surface area contributed by atoms with Crippen molar-refractivity contribution in [3.63, 3.8) is 0 Å². The smallest absolute Gasteiger partial charge is 0.302 e. The molecule has 0 spiro atoms. The van der Waals surface area contributed by atoms with Gasteiger partial charge in [0.15, 0.2) is 10.8 Å². The predicted octanol–water partition coefficient (Wildman–Crippen LogP) is 2.36. The second kappa shape index (κ2) is 5.61. The molecule has 1 aromatic heterocycles. The SMILES string of the molecule is O=c1c(Cl)c(-c2ccccc2)on1CC(O)CCl. The van der Waals surface area contributed by atoms with E-state index in [1.807, 2.05) is 18.2 Å². The standard InChI is InChI=1S/C12H11Cl2NO3/c13-6-9(16)7-15-12(17)10(14)11(18-15)8-4-2-1-3-5-8/h1-5,9,16H,6-7H2. The van der Waals surface area contributed by atoms with Gasteiger partial charge >= 0.3 is 5.56 Å². The highest BCUT2D eigenvalue weighted by Crippen LogP contribution is 2.25. The van der Waals surface area contributed by atoms with E-state index in [0.717, 1.165) is 4.74 Å². The number of hydrogen-bond donors (Lipinski definition) is 1. The third-order valence-corrected chi connectivity index (χ3v) is 3.10. The Morgan fingerprint density at radius 1 is 1.33 bits per heavy atom. The largest absolute Gasteiger partial charge is 0.390 e. The average molecular weight is 288 g/mol. The molecule has 0 bridgehead atoms. The summed E-state index contributed by atoms with van der Waals surface area (Å²) in [5.74, 6) is 0.315. The second-order valence-electron chi connectivity index (χ2n) is 3.77. The maximum Gasteiger partial charge on any atom is 0.302 e. The van der Waals surface area contributed by atoms with Crippen molar-refractivity contribution in [2.45, 2.75) is 12.6 Å². The first-order valence-corrected chi connectivity index (χ1v) is 6.23. The molecule has 0 saturated heterocycles. The highest BCUT2D eigenvalue weighted by Gasteiger charge is 2.18. The molecule has 2 aromatic rings. The van der Waals surface area contributed by atoms with Gasteiger partial charge in [-0.25, -0.2) is 0 Å². The van der Waals surface area contributed by atoms with Gasteiger partial charge in [0, 0.05) is 5.56 Å². The second-order valence-corrected chi connectivity index (χ2v) is 4.46. The maximum absolute atomic E-state index is 11.8. The minimum atomic E-state index is -0.852. The average Bonchev–Trinajstić information content (AvgIpc) is 2.68. The minimum absolute atomic E-state index is 0.00275. The Hall–Kier alpha value is -1.23. The Bertz CT molecular complexity index is 577. The monoisotopic (exact) mass is 287 g/mol. The molecule has 18 heavy (non-hydrogen) atoms. The van der Waals surface area contributed by atoms with Crippen molar-refractivity contribution in [1.82, 2.24) is 4.74 Å². The van der Waals surface area contributed by atoms with Crippen molar-refractivity contribution in [3.05, 3.63) is 45.7 Å². The van der Waals surface area contributed by atoms with E-state index in [9.17, 15) is 9.90 Å². The molecule has 0 aliphatic rings. The first-order valence-electron chi connectivity index (χ1n) is 5.32. The molecule has 96 valence electrons. The van der Waals surface area contributed by atoms with Crippen molar-refractivity contribution in [3.8, 4) is 11.3 Å². The highest BCUT2D eigenvalue weighted by molar-refractivity contribution is 6.32. The molecular weight excluding hydrogens is 277 g/mol. The van der Waals surface area contributed by atoms with Crippen LogP contribution in [0.4, 0.5) is 0 Å². The van der Waals surface area contributed by atoms with Crippen LogP contribution in [0.3, 0.4) is 0 Å². The van der Waals surface area contributed by atoms with Crippen LogP contribution in [0.15, 0.2) is 39.6 Å². The fourth-order valence-corrected chi connectivity index (χ4v) is 1.86. The van der Waals surface area contributed by atoms with Gasteiger partial charge in [0.25, 0.3) is 0 Å². The lowest BCUT2D eigenvalue weighted by atomic mass is 10.2. The summed E-state index contributed by atoms with van der Waals surface area (Å²) in [6.07, 6.45) is -0.852. The van der Waals surface area contributed by atoms with E-state index < -0.39 is 11.7 Å². The lowest BCUT2D eigenvalue weighted by Gasteiger charge is -2.04. The third kappa shape index (κ3) is 2.61. The molecule has 1 N–H and O–H groups in total. The van der Waals surface area contributed by atoms with Gasteiger partial charge in [-0.05, 0) is 0 Å². The molecule has 1 aromatic carbocycles. The fraction of sp³-hybridized carbons (Fsp3) is 0.250. The maximum atomic E-state index is 11.8. The molecular formula is C12H11Cl2NO3. The minimum Gasteiger partial charge on any atom is -0.390 e. The van der Waals surface area contributed by atoms with Gasteiger partial charge in [-0.3, -0.25) is 4.79 Å². The van der Waals surface area contributed by atoms with Crippen molar-refractivity contribution in [2.75, 3.05) is 5.88 Å². The quantitative estimate of drug-likeness (QED) is 0.879. The third-order valence-electron chi connectivity index (χ3n) is 2.41. The van der Waals surface area contributed by atoms with Crippen LogP contribution in [0.5, 0.6) is 0 Å². The Kier molecular flexibility index (Phi) is 4.11. The summed E-state index contributed by atoms with van der Waals surface area (Å²) in [5.41, 5.74) is 0.235. The Labute approximate surface area is 113 Å². The number of alkyl halides is 1. The molecule has 0 aliphatic heterocycles. The van der Waals surface area contributed by atoms with Crippen LogP contribution < -0.4 is 5.56 Å². The van der Waals surface area contributed by atoms with Crippen LogP contribution in [-0.2, 0) is 6.54 Å². The Morgan fingerprint density at radius 2 is 2.00 bits per heavy atom. The summed E-state index contributed by atoms with van der Waals surface area (Å²) in [7, 11) is 0. The number of hydrogen-bond acceptors (Lipinski definition) is 3. The van der Waals surface area contributed by atoms with E-state index in [0.29, 0.717) is 11.3 Å². The van der Waals surface area contributed by atoms with E-state index in [2.05, 4.69) is 0 Å². The Morgan fingerprint density at radius 3 is 2.61 bits per heavy atom. The molecule has 1 heterocycles. The van der Waals surface area contributed by atoms with Crippen LogP contribution >= 0.6 is 23.2 Å². The van der Waals surface area contributed by atoms with Crippen molar-refractivity contribution in [2.24, 2.45) is 0 Å². The number of halogens is 2. The lowest BCUT2D eigenvalue weighted by Crippen LogP contribution is -2.24. The summed E-state index contributed by atoms with van der Waals surface area (Å²) < 4.78 is 6.37. The normalized spacial score (nSPS) is 12.6. The summed E-state index contributed by atoms with van der Waals surface area (Å²) in [6, 6.07) is 9.05. The predicted molar refractivity (Wildman–Crippen MR) is 70.1 cm³/mol. The first-order chi connectivity index (χ1) is 8.63. The summed E-state index contributed by atoms with van der Waals surface area (Å²) >= 11 is 11.4. The van der Waals surface area contributed by atoms with Gasteiger partial charge in [0.05, 0.1) is 18.5 Å². The van der Waals surface area contributed by atoms with E-state index in [-0.39, 0.29) is 17.4 Å². The van der Waals surface area contributed by atoms with Gasteiger partial charge in [-0.15, -0.1) is 11.6 Å².